The molecule has 28 heavy (non-hydrogen) atoms. The molecule has 0 aliphatic carbocycles. The topological polar surface area (TPSA) is 244 Å². The standard InChI is InChI=1S/2C3O9P2/c2*4-1-7-13(8-1)11-3(6)12-14-9-2(5)10-14. The van der Waals surface area contributed by atoms with Gasteiger partial charge in [0, 0.05) is 0 Å². The van der Waals surface area contributed by atoms with Crippen molar-refractivity contribution in [2.75, 3.05) is 0 Å². The average Bonchev–Trinajstić information content (AvgIpc) is 2.49. The number of carbonyl (C=O) groups excluding carboxylic acids is 2. The molecule has 4 aromatic heterocycles. The van der Waals surface area contributed by atoms with Crippen LogP contribution in [0, 0.1) is 0 Å². The normalized spacial score (nSPS) is 10.3. The van der Waals surface area contributed by atoms with Gasteiger partial charge in [-0.2, -0.15) is 0 Å². The van der Waals surface area contributed by atoms with Gasteiger partial charge in [0.05, 0.1) is 0 Å². The van der Waals surface area contributed by atoms with E-state index in [1.54, 1.807) is 0 Å². The van der Waals surface area contributed by atoms with Crippen molar-refractivity contribution < 1.29 is 61.3 Å². The Kier molecular flexibility index (Phi) is 5.76. The summed E-state index contributed by atoms with van der Waals surface area (Å²) < 4.78 is 50.8. The minimum absolute atomic E-state index is 0.930. The zero-order chi connectivity index (χ0) is 20.3. The zero-order valence-electron chi connectivity index (χ0n) is 12.1. The van der Waals surface area contributed by atoms with Crippen molar-refractivity contribution in [3.63, 3.8) is 0 Å². The van der Waals surface area contributed by atoms with Gasteiger partial charge in [0.2, 0.25) is 0 Å². The van der Waals surface area contributed by atoms with Crippen LogP contribution in [0.5, 0.6) is 0 Å². The zero-order valence-corrected chi connectivity index (χ0v) is 15.7. The van der Waals surface area contributed by atoms with E-state index in [4.69, 9.17) is 0 Å². The Morgan fingerprint density at radius 1 is 0.464 bits per heavy atom. The monoisotopic (exact) mass is 484 g/mol. The average molecular weight is 484 g/mol. The highest BCUT2D eigenvalue weighted by atomic mass is 31.1. The maximum atomic E-state index is 10.7. The van der Waals surface area contributed by atoms with E-state index in [1.807, 2.05) is 0 Å². The van der Waals surface area contributed by atoms with E-state index in [-0.39, 0.29) is 0 Å². The Balaban J connectivity index is 0.000000161. The highest BCUT2D eigenvalue weighted by Crippen LogP contribution is 2.27. The van der Waals surface area contributed by atoms with Crippen LogP contribution in [0.1, 0.15) is 0 Å². The summed E-state index contributed by atoms with van der Waals surface area (Å²) in [6.45, 7) is 0. The first-order chi connectivity index (χ1) is 13.3. The predicted octanol–water partition coefficient (Wildman–Crippen LogP) is 0.859. The summed E-state index contributed by atoms with van der Waals surface area (Å²) in [5.74, 6) is -3.72. The van der Waals surface area contributed by atoms with Gasteiger partial charge >= 0.3 is 68.6 Å². The molecule has 0 saturated carbocycles. The molecule has 4 heterocycles. The fraction of sp³-hybridized carbons (Fsp3) is 0. The summed E-state index contributed by atoms with van der Waals surface area (Å²) in [6.07, 6.45) is -2.41. The van der Waals surface area contributed by atoms with Gasteiger partial charge in [-0.3, -0.25) is 0 Å². The molecule has 0 aliphatic rings. The third-order valence-electron chi connectivity index (χ3n) is 1.79. The summed E-state index contributed by atoms with van der Waals surface area (Å²) in [6, 6.07) is 0. The summed E-state index contributed by atoms with van der Waals surface area (Å²) in [5, 5.41) is 0. The molecule has 0 atom stereocenters. The van der Waals surface area contributed by atoms with E-state index in [9.17, 15) is 28.8 Å². The van der Waals surface area contributed by atoms with E-state index in [1.165, 1.54) is 0 Å². The molecule has 0 saturated heterocycles. The second kappa shape index (κ2) is 8.23. The van der Waals surface area contributed by atoms with Gasteiger partial charge < -0.3 is 51.7 Å². The van der Waals surface area contributed by atoms with Gasteiger partial charge in [0.1, 0.15) is 0 Å². The molecule has 0 fully saturated rings. The van der Waals surface area contributed by atoms with Crippen LogP contribution in [0.25, 0.3) is 0 Å². The number of carbonyl (C=O) groups is 2. The molecular weight excluding hydrogens is 484 g/mol. The number of hydrogen-bond donors (Lipinski definition) is 0. The smallest absolute Gasteiger partial charge is 0.321 e. The van der Waals surface area contributed by atoms with Gasteiger partial charge in [-0.25, -0.2) is 28.8 Å². The molecule has 0 amide bonds. The van der Waals surface area contributed by atoms with Crippen molar-refractivity contribution in [1.29, 1.82) is 0 Å². The van der Waals surface area contributed by atoms with Crippen molar-refractivity contribution >= 4 is 45.3 Å². The lowest BCUT2D eigenvalue weighted by atomic mass is 11.5. The molecule has 0 aliphatic heterocycles. The molecule has 4 rings (SSSR count). The van der Waals surface area contributed by atoms with Gasteiger partial charge in [0.25, 0.3) is 0 Å². The van der Waals surface area contributed by atoms with E-state index < -0.39 is 68.6 Å². The minimum Gasteiger partial charge on any atom is -0.321 e. The number of hydrogen-bond acceptors (Lipinski definition) is 18. The Hall–Kier alpha value is -3.18. The van der Waals surface area contributed by atoms with E-state index in [0.717, 1.165) is 0 Å². The predicted molar refractivity (Wildman–Crippen MR) is 76.9 cm³/mol. The molecule has 152 valence electrons. The lowest BCUT2D eigenvalue weighted by Crippen LogP contribution is -2.15. The molecule has 0 unspecified atom stereocenters. The summed E-state index contributed by atoms with van der Waals surface area (Å²) in [4.78, 5) is 61.7. The molecule has 4 aromatic rings. The first-order valence-corrected chi connectivity index (χ1v) is 10.2. The first kappa shape index (κ1) is 19.6. The Morgan fingerprint density at radius 2 is 0.643 bits per heavy atom. The molecule has 0 bridgehead atoms. The largest absolute Gasteiger partial charge is 0.532 e. The maximum Gasteiger partial charge on any atom is 0.532 e. The SMILES string of the molecule is O=C(Op1oc(=O)o1)Op1oc(=O)o1.O=C(Op1oc(=O)o1)Op1oc(=O)o1. The molecule has 0 aromatic carbocycles. The second-order valence-corrected chi connectivity index (χ2v) is 7.47. The molecule has 22 heteroatoms. The first-order valence-electron chi connectivity index (χ1n) is 5.87. The van der Waals surface area contributed by atoms with Gasteiger partial charge in [-0.1, -0.05) is 0 Å². The summed E-state index contributed by atoms with van der Waals surface area (Å²) in [7, 11) is -8.04. The third-order valence-corrected chi connectivity index (χ3v) is 5.37. The van der Waals surface area contributed by atoms with Crippen LogP contribution in [0.4, 0.5) is 9.59 Å². The molecule has 0 spiro atoms. The molecule has 18 nitrogen and oxygen atoms in total. The summed E-state index contributed by atoms with van der Waals surface area (Å²) >= 11 is 0. The van der Waals surface area contributed by atoms with Crippen LogP contribution in [0.3, 0.4) is 0 Å². The van der Waals surface area contributed by atoms with E-state index in [0.29, 0.717) is 0 Å². The Bertz CT molecular complexity index is 994. The highest BCUT2D eigenvalue weighted by molar-refractivity contribution is 7.34. The maximum absolute atomic E-state index is 10.7. The van der Waals surface area contributed by atoms with Crippen LogP contribution in [0.2, 0.25) is 0 Å². The van der Waals surface area contributed by atoms with Crippen molar-refractivity contribution in [3.8, 4) is 0 Å². The molecular formula is C6O18P4. The second-order valence-electron chi connectivity index (χ2n) is 3.49. The van der Waals surface area contributed by atoms with Crippen molar-refractivity contribution in [1.82, 2.24) is 0 Å². The summed E-state index contributed by atoms with van der Waals surface area (Å²) in [5.41, 5.74) is 0. The van der Waals surface area contributed by atoms with Gasteiger partial charge in [-0.15, -0.1) is 0 Å². The molecule has 0 N–H and O–H groups in total. The van der Waals surface area contributed by atoms with Crippen LogP contribution in [-0.2, 0) is 0 Å². The number of rotatable bonds is 4. The van der Waals surface area contributed by atoms with Crippen LogP contribution < -0.4 is 41.4 Å². The lowest BCUT2D eigenvalue weighted by molar-refractivity contribution is 0.161. The molecule has 0 radical (unpaired) electrons. The van der Waals surface area contributed by atoms with E-state index in [2.05, 4.69) is 51.7 Å². The fourth-order valence-electron chi connectivity index (χ4n) is 0.940. The Labute approximate surface area is 150 Å². The van der Waals surface area contributed by atoms with Crippen LogP contribution >= 0.6 is 33.0 Å². The van der Waals surface area contributed by atoms with Crippen molar-refractivity contribution in [2.45, 2.75) is 0 Å². The van der Waals surface area contributed by atoms with E-state index >= 15 is 0 Å². The van der Waals surface area contributed by atoms with Crippen LogP contribution in [0.15, 0.2) is 52.8 Å². The minimum atomic E-state index is -2.01. The quantitative estimate of drug-likeness (QED) is 0.390. The highest BCUT2D eigenvalue weighted by Gasteiger charge is 2.21. The lowest BCUT2D eigenvalue weighted by Gasteiger charge is -2.00. The fourth-order valence-corrected chi connectivity index (χ4v) is 3.02. The van der Waals surface area contributed by atoms with Gasteiger partial charge in [0.15, 0.2) is 0 Å². The third kappa shape index (κ3) is 5.41. The van der Waals surface area contributed by atoms with Gasteiger partial charge in [-0.05, 0) is 0 Å². The van der Waals surface area contributed by atoms with Crippen LogP contribution in [-0.4, -0.2) is 12.3 Å². The Morgan fingerprint density at radius 3 is 0.786 bits per heavy atom. The van der Waals surface area contributed by atoms with Crippen molar-refractivity contribution in [2.24, 2.45) is 0 Å². The van der Waals surface area contributed by atoms with Crippen molar-refractivity contribution in [3.05, 3.63) is 42.5 Å².